The summed E-state index contributed by atoms with van der Waals surface area (Å²) in [5.74, 6) is 0.0205. The summed E-state index contributed by atoms with van der Waals surface area (Å²) in [6, 6.07) is 11.2. The van der Waals surface area contributed by atoms with Crippen LogP contribution in [0, 0.1) is 10.1 Å². The highest BCUT2D eigenvalue weighted by Gasteiger charge is 2.26. The van der Waals surface area contributed by atoms with Gasteiger partial charge in [0.15, 0.2) is 5.70 Å². The average Bonchev–Trinajstić information content (AvgIpc) is 2.96. The number of ether oxygens (including phenoxy) is 2. The van der Waals surface area contributed by atoms with E-state index < -0.39 is 10.9 Å². The number of halogens is 1. The molecular formula is C18H13ClN2O5. The van der Waals surface area contributed by atoms with Crippen molar-refractivity contribution in [3.63, 3.8) is 0 Å². The summed E-state index contributed by atoms with van der Waals surface area (Å²) >= 11 is 5.79. The Bertz CT molecular complexity index is 952. The number of nitrogens with zero attached hydrogens (tertiary/aromatic N) is 2. The Labute approximate surface area is 153 Å². The van der Waals surface area contributed by atoms with Crippen molar-refractivity contribution < 1.29 is 19.2 Å². The number of esters is 1. The topological polar surface area (TPSA) is 91.0 Å². The molecule has 8 heteroatoms. The molecule has 0 amide bonds. The van der Waals surface area contributed by atoms with E-state index in [4.69, 9.17) is 21.1 Å². The summed E-state index contributed by atoms with van der Waals surface area (Å²) in [6.45, 7) is 2.40. The molecule has 0 bridgehead atoms. The van der Waals surface area contributed by atoms with Gasteiger partial charge >= 0.3 is 5.97 Å². The predicted octanol–water partition coefficient (Wildman–Crippen LogP) is 3.99. The molecule has 2 aromatic carbocycles. The molecule has 0 saturated heterocycles. The maximum absolute atomic E-state index is 12.1. The van der Waals surface area contributed by atoms with Crippen LogP contribution in [0.25, 0.3) is 6.08 Å². The molecule has 0 N–H and O–H groups in total. The molecule has 1 heterocycles. The van der Waals surface area contributed by atoms with Crippen molar-refractivity contribution in [1.82, 2.24) is 0 Å². The lowest BCUT2D eigenvalue weighted by Crippen LogP contribution is -2.06. The number of cyclic esters (lactones) is 1. The molecule has 7 nitrogen and oxygen atoms in total. The van der Waals surface area contributed by atoms with Crippen LogP contribution >= 0.6 is 11.6 Å². The Morgan fingerprint density at radius 1 is 1.31 bits per heavy atom. The number of hydrogen-bond acceptors (Lipinski definition) is 6. The van der Waals surface area contributed by atoms with Gasteiger partial charge in [0.2, 0.25) is 5.90 Å². The number of rotatable bonds is 5. The number of nitro benzene ring substituents is 1. The molecule has 0 spiro atoms. The van der Waals surface area contributed by atoms with Crippen LogP contribution in [0.1, 0.15) is 18.1 Å². The highest BCUT2D eigenvalue weighted by molar-refractivity contribution is 6.32. The van der Waals surface area contributed by atoms with Gasteiger partial charge in [-0.2, -0.15) is 0 Å². The third-order valence-corrected chi connectivity index (χ3v) is 3.80. The number of benzene rings is 2. The normalized spacial score (nSPS) is 14.9. The Morgan fingerprint density at radius 3 is 2.85 bits per heavy atom. The molecule has 132 valence electrons. The highest BCUT2D eigenvalue weighted by atomic mass is 35.5. The fourth-order valence-electron chi connectivity index (χ4n) is 2.34. The number of carbonyl (C=O) groups excluding carboxylic acids is 1. The summed E-state index contributed by atoms with van der Waals surface area (Å²) < 4.78 is 10.5. The van der Waals surface area contributed by atoms with Gasteiger partial charge in [0.1, 0.15) is 10.8 Å². The molecular weight excluding hydrogens is 360 g/mol. The van der Waals surface area contributed by atoms with Crippen molar-refractivity contribution in [1.29, 1.82) is 0 Å². The highest BCUT2D eigenvalue weighted by Crippen LogP contribution is 2.27. The lowest BCUT2D eigenvalue weighted by Gasteiger charge is -2.03. The van der Waals surface area contributed by atoms with Gasteiger partial charge in [-0.05, 0) is 42.8 Å². The van der Waals surface area contributed by atoms with Crippen molar-refractivity contribution in [3.05, 3.63) is 74.4 Å². The van der Waals surface area contributed by atoms with Gasteiger partial charge < -0.3 is 9.47 Å². The first-order valence-electron chi connectivity index (χ1n) is 7.67. The van der Waals surface area contributed by atoms with E-state index in [9.17, 15) is 14.9 Å². The van der Waals surface area contributed by atoms with Gasteiger partial charge in [-0.25, -0.2) is 9.79 Å². The molecule has 0 unspecified atom stereocenters. The molecule has 0 radical (unpaired) electrons. The molecule has 1 aliphatic rings. The van der Waals surface area contributed by atoms with E-state index in [0.29, 0.717) is 17.9 Å². The minimum Gasteiger partial charge on any atom is -0.494 e. The molecule has 1 aliphatic heterocycles. The Hall–Kier alpha value is -3.19. The SMILES string of the molecule is CCOc1cccc(C=C2N=C(c3ccc(Cl)c([N+](=O)[O-])c3)OC2=O)c1. The van der Waals surface area contributed by atoms with Gasteiger partial charge in [-0.15, -0.1) is 0 Å². The summed E-state index contributed by atoms with van der Waals surface area (Å²) in [7, 11) is 0. The molecule has 26 heavy (non-hydrogen) atoms. The molecule has 0 aromatic heterocycles. The molecule has 2 aromatic rings. The Kier molecular flexibility index (Phi) is 4.99. The van der Waals surface area contributed by atoms with Crippen molar-refractivity contribution in [2.24, 2.45) is 4.99 Å². The number of hydrogen-bond donors (Lipinski definition) is 0. The first-order valence-corrected chi connectivity index (χ1v) is 8.05. The monoisotopic (exact) mass is 372 g/mol. The maximum atomic E-state index is 12.1. The second-order valence-corrected chi connectivity index (χ2v) is 5.67. The van der Waals surface area contributed by atoms with E-state index in [0.717, 1.165) is 5.56 Å². The van der Waals surface area contributed by atoms with Crippen LogP contribution in [-0.4, -0.2) is 23.4 Å². The zero-order chi connectivity index (χ0) is 18.7. The fourth-order valence-corrected chi connectivity index (χ4v) is 2.52. The zero-order valence-electron chi connectivity index (χ0n) is 13.6. The third kappa shape index (κ3) is 3.73. The Morgan fingerprint density at radius 2 is 2.12 bits per heavy atom. The van der Waals surface area contributed by atoms with Crippen LogP contribution in [0.4, 0.5) is 5.69 Å². The lowest BCUT2D eigenvalue weighted by molar-refractivity contribution is -0.384. The van der Waals surface area contributed by atoms with E-state index in [-0.39, 0.29) is 22.3 Å². The third-order valence-electron chi connectivity index (χ3n) is 3.48. The predicted molar refractivity (Wildman–Crippen MR) is 96.3 cm³/mol. The largest absolute Gasteiger partial charge is 0.494 e. The Balaban J connectivity index is 1.93. The average molecular weight is 373 g/mol. The van der Waals surface area contributed by atoms with Crippen LogP contribution in [0.15, 0.2) is 53.2 Å². The molecule has 0 saturated carbocycles. The zero-order valence-corrected chi connectivity index (χ0v) is 14.4. The molecule has 0 atom stereocenters. The second kappa shape index (κ2) is 7.37. The quantitative estimate of drug-likeness (QED) is 0.342. The second-order valence-electron chi connectivity index (χ2n) is 5.26. The van der Waals surface area contributed by atoms with Crippen molar-refractivity contribution in [2.45, 2.75) is 6.92 Å². The summed E-state index contributed by atoms with van der Waals surface area (Å²) in [5.41, 5.74) is 0.812. The van der Waals surface area contributed by atoms with Gasteiger partial charge in [0, 0.05) is 11.6 Å². The first kappa shape index (κ1) is 17.6. The van der Waals surface area contributed by atoms with E-state index in [1.807, 2.05) is 6.92 Å². The maximum Gasteiger partial charge on any atom is 0.363 e. The van der Waals surface area contributed by atoms with Gasteiger partial charge in [0.25, 0.3) is 5.69 Å². The number of nitro groups is 1. The van der Waals surface area contributed by atoms with Gasteiger partial charge in [0.05, 0.1) is 11.5 Å². The van der Waals surface area contributed by atoms with Crippen LogP contribution in [0.3, 0.4) is 0 Å². The lowest BCUT2D eigenvalue weighted by atomic mass is 10.2. The molecule has 3 rings (SSSR count). The van der Waals surface area contributed by atoms with E-state index >= 15 is 0 Å². The van der Waals surface area contributed by atoms with Gasteiger partial charge in [-0.1, -0.05) is 23.7 Å². The standard InChI is InChI=1S/C18H13ClN2O5/c1-2-25-13-5-3-4-11(8-13)9-15-18(22)26-17(20-15)12-6-7-14(19)16(10-12)21(23)24/h3-10H,2H2,1H3. The number of aliphatic imine (C=N–C) groups is 1. The van der Waals surface area contributed by atoms with Crippen LogP contribution in [0.5, 0.6) is 5.75 Å². The summed E-state index contributed by atoms with van der Waals surface area (Å²) in [4.78, 5) is 26.6. The minimum atomic E-state index is -0.639. The van der Waals surface area contributed by atoms with E-state index in [2.05, 4.69) is 4.99 Å². The fraction of sp³-hybridized carbons (Fsp3) is 0.111. The van der Waals surface area contributed by atoms with E-state index in [1.54, 1.807) is 30.3 Å². The summed E-state index contributed by atoms with van der Waals surface area (Å²) in [5, 5.41) is 11.0. The first-order chi connectivity index (χ1) is 12.5. The molecule has 0 aliphatic carbocycles. The van der Waals surface area contributed by atoms with Crippen LogP contribution in [0.2, 0.25) is 5.02 Å². The molecule has 0 fully saturated rings. The van der Waals surface area contributed by atoms with E-state index in [1.165, 1.54) is 18.2 Å². The van der Waals surface area contributed by atoms with Crippen molar-refractivity contribution in [3.8, 4) is 5.75 Å². The van der Waals surface area contributed by atoms with Crippen molar-refractivity contribution in [2.75, 3.05) is 6.61 Å². The smallest absolute Gasteiger partial charge is 0.363 e. The minimum absolute atomic E-state index is 0.00724. The summed E-state index contributed by atoms with van der Waals surface area (Å²) in [6.07, 6.45) is 1.56. The van der Waals surface area contributed by atoms with Crippen molar-refractivity contribution >= 4 is 35.2 Å². The van der Waals surface area contributed by atoms with Crippen LogP contribution < -0.4 is 4.74 Å². The van der Waals surface area contributed by atoms with Crippen LogP contribution in [-0.2, 0) is 9.53 Å². The van der Waals surface area contributed by atoms with Gasteiger partial charge in [-0.3, -0.25) is 10.1 Å². The number of carbonyl (C=O) groups is 1.